The van der Waals surface area contributed by atoms with Crippen molar-refractivity contribution < 1.29 is 4.52 Å². The smallest absolute Gasteiger partial charge is 0.136 e. The molecule has 1 rings (SSSR count). The van der Waals surface area contributed by atoms with Gasteiger partial charge < -0.3 is 4.52 Å². The van der Waals surface area contributed by atoms with E-state index in [4.69, 9.17) is 4.52 Å². The molecule has 0 fully saturated rings. The normalized spacial score (nSPS) is 10.5. The molecule has 0 aliphatic rings. The predicted molar refractivity (Wildman–Crippen MR) is 49.1 cm³/mol. The molecule has 2 heteroatoms. The molecule has 0 N–H and O–H groups in total. The Hall–Kier alpha value is -0.790. The molecular weight excluding hydrogens is 150 g/mol. The van der Waals surface area contributed by atoms with Gasteiger partial charge in [-0.15, -0.1) is 0 Å². The molecule has 0 aromatic carbocycles. The average Bonchev–Trinajstić information content (AvgIpc) is 2.50. The number of nitrogens with zero attached hydrogens (tertiary/aromatic N) is 1. The van der Waals surface area contributed by atoms with Crippen LogP contribution in [0.3, 0.4) is 0 Å². The van der Waals surface area contributed by atoms with E-state index in [0.717, 1.165) is 30.7 Å². The van der Waals surface area contributed by atoms with Gasteiger partial charge in [-0.2, -0.15) is 0 Å². The molecule has 0 atom stereocenters. The zero-order valence-electron chi connectivity index (χ0n) is 7.97. The Kier molecular flexibility index (Phi) is 3.85. The van der Waals surface area contributed by atoms with Gasteiger partial charge in [-0.25, -0.2) is 0 Å². The third kappa shape index (κ3) is 2.68. The van der Waals surface area contributed by atoms with Crippen LogP contribution in [0, 0.1) is 0 Å². The van der Waals surface area contributed by atoms with E-state index < -0.39 is 0 Å². The van der Waals surface area contributed by atoms with Crippen LogP contribution in [-0.2, 0) is 12.8 Å². The van der Waals surface area contributed by atoms with Gasteiger partial charge in [0.1, 0.15) is 5.76 Å². The molecule has 68 valence electrons. The van der Waals surface area contributed by atoms with Crippen LogP contribution in [0.4, 0.5) is 0 Å². The lowest BCUT2D eigenvalue weighted by atomic mass is 10.2. The number of hydrogen-bond donors (Lipinski definition) is 0. The largest absolute Gasteiger partial charge is 0.361 e. The minimum atomic E-state index is 1.01. The van der Waals surface area contributed by atoms with Gasteiger partial charge in [-0.05, 0) is 19.3 Å². The summed E-state index contributed by atoms with van der Waals surface area (Å²) >= 11 is 0. The van der Waals surface area contributed by atoms with Crippen molar-refractivity contribution in [3.05, 3.63) is 17.5 Å². The van der Waals surface area contributed by atoms with Gasteiger partial charge in [0.15, 0.2) is 0 Å². The van der Waals surface area contributed by atoms with E-state index in [9.17, 15) is 0 Å². The summed E-state index contributed by atoms with van der Waals surface area (Å²) < 4.78 is 5.15. The Morgan fingerprint density at radius 1 is 1.25 bits per heavy atom. The first-order valence-corrected chi connectivity index (χ1v) is 4.81. The molecule has 0 spiro atoms. The molecule has 1 heterocycles. The second kappa shape index (κ2) is 4.96. The lowest BCUT2D eigenvalue weighted by Crippen LogP contribution is -1.82. The van der Waals surface area contributed by atoms with E-state index in [1.807, 2.05) is 0 Å². The van der Waals surface area contributed by atoms with Crippen molar-refractivity contribution in [2.75, 3.05) is 0 Å². The van der Waals surface area contributed by atoms with E-state index in [0.29, 0.717) is 0 Å². The van der Waals surface area contributed by atoms with Gasteiger partial charge >= 0.3 is 0 Å². The van der Waals surface area contributed by atoms with Gasteiger partial charge in [0.25, 0.3) is 0 Å². The molecule has 0 bridgehead atoms. The van der Waals surface area contributed by atoms with Crippen LogP contribution in [0.5, 0.6) is 0 Å². The molecule has 0 unspecified atom stereocenters. The quantitative estimate of drug-likeness (QED) is 0.673. The zero-order valence-corrected chi connectivity index (χ0v) is 7.97. The predicted octanol–water partition coefficient (Wildman–Crippen LogP) is 2.97. The molecule has 1 aromatic heterocycles. The van der Waals surface area contributed by atoms with Gasteiger partial charge in [-0.1, -0.05) is 25.4 Å². The first kappa shape index (κ1) is 9.30. The van der Waals surface area contributed by atoms with Crippen molar-refractivity contribution in [1.29, 1.82) is 0 Å². The second-order valence-corrected chi connectivity index (χ2v) is 3.14. The highest BCUT2D eigenvalue weighted by atomic mass is 16.5. The number of aromatic nitrogens is 1. The van der Waals surface area contributed by atoms with Crippen molar-refractivity contribution >= 4 is 0 Å². The highest BCUT2D eigenvalue weighted by Crippen LogP contribution is 2.08. The summed E-state index contributed by atoms with van der Waals surface area (Å²) in [7, 11) is 0. The molecule has 0 aliphatic heterocycles. The summed E-state index contributed by atoms with van der Waals surface area (Å²) in [5, 5.41) is 4.00. The summed E-state index contributed by atoms with van der Waals surface area (Å²) in [4.78, 5) is 0. The monoisotopic (exact) mass is 167 g/mol. The molecule has 0 saturated heterocycles. The van der Waals surface area contributed by atoms with E-state index in [1.165, 1.54) is 12.8 Å². The van der Waals surface area contributed by atoms with Gasteiger partial charge in [0.05, 0.1) is 5.69 Å². The number of aryl methyl sites for hydroxylation is 2. The van der Waals surface area contributed by atoms with Crippen LogP contribution in [0.1, 0.15) is 44.6 Å². The summed E-state index contributed by atoms with van der Waals surface area (Å²) in [5.74, 6) is 1.03. The Morgan fingerprint density at radius 2 is 2.08 bits per heavy atom. The topological polar surface area (TPSA) is 26.0 Å². The molecule has 12 heavy (non-hydrogen) atoms. The van der Waals surface area contributed by atoms with Crippen molar-refractivity contribution in [2.24, 2.45) is 0 Å². The third-order valence-electron chi connectivity index (χ3n) is 1.89. The fourth-order valence-electron chi connectivity index (χ4n) is 1.20. The SMILES string of the molecule is CCCCc1cc(CCC)on1. The lowest BCUT2D eigenvalue weighted by molar-refractivity contribution is 0.375. The van der Waals surface area contributed by atoms with Gasteiger partial charge in [-0.3, -0.25) is 0 Å². The third-order valence-corrected chi connectivity index (χ3v) is 1.89. The first-order valence-electron chi connectivity index (χ1n) is 4.81. The van der Waals surface area contributed by atoms with E-state index in [1.54, 1.807) is 0 Å². The number of rotatable bonds is 5. The summed E-state index contributed by atoms with van der Waals surface area (Å²) in [6, 6.07) is 2.08. The first-order chi connectivity index (χ1) is 5.86. The fourth-order valence-corrected chi connectivity index (χ4v) is 1.20. The summed E-state index contributed by atoms with van der Waals surface area (Å²) in [6.45, 7) is 4.33. The standard InChI is InChI=1S/C10H17NO/c1-3-5-7-9-8-10(6-4-2)12-11-9/h8H,3-7H2,1-2H3. The molecule has 0 aliphatic carbocycles. The van der Waals surface area contributed by atoms with Crippen molar-refractivity contribution in [3.8, 4) is 0 Å². The van der Waals surface area contributed by atoms with Gasteiger partial charge in [0.2, 0.25) is 0 Å². The van der Waals surface area contributed by atoms with Crippen molar-refractivity contribution in [2.45, 2.75) is 46.0 Å². The van der Waals surface area contributed by atoms with Crippen LogP contribution in [-0.4, -0.2) is 5.16 Å². The fraction of sp³-hybridized carbons (Fsp3) is 0.700. The lowest BCUT2D eigenvalue weighted by Gasteiger charge is -1.88. The highest BCUT2D eigenvalue weighted by molar-refractivity contribution is 5.05. The van der Waals surface area contributed by atoms with E-state index >= 15 is 0 Å². The Morgan fingerprint density at radius 3 is 2.75 bits per heavy atom. The molecule has 1 aromatic rings. The second-order valence-electron chi connectivity index (χ2n) is 3.14. The van der Waals surface area contributed by atoms with Crippen LogP contribution in [0.2, 0.25) is 0 Å². The maximum Gasteiger partial charge on any atom is 0.136 e. The maximum atomic E-state index is 5.15. The minimum absolute atomic E-state index is 1.01. The number of hydrogen-bond acceptors (Lipinski definition) is 2. The summed E-state index contributed by atoms with van der Waals surface area (Å²) in [5.41, 5.74) is 1.11. The summed E-state index contributed by atoms with van der Waals surface area (Å²) in [6.07, 6.45) is 5.62. The van der Waals surface area contributed by atoms with E-state index in [2.05, 4.69) is 25.1 Å². The Balaban J connectivity index is 2.41. The van der Waals surface area contributed by atoms with Crippen LogP contribution < -0.4 is 0 Å². The minimum Gasteiger partial charge on any atom is -0.361 e. The van der Waals surface area contributed by atoms with Crippen LogP contribution in [0.15, 0.2) is 10.6 Å². The molecule has 0 amide bonds. The molecule has 2 nitrogen and oxygen atoms in total. The van der Waals surface area contributed by atoms with Crippen molar-refractivity contribution in [3.63, 3.8) is 0 Å². The van der Waals surface area contributed by atoms with E-state index in [-0.39, 0.29) is 0 Å². The molecule has 0 radical (unpaired) electrons. The Labute approximate surface area is 74.0 Å². The van der Waals surface area contributed by atoms with Crippen LogP contribution in [0.25, 0.3) is 0 Å². The molecule has 0 saturated carbocycles. The zero-order chi connectivity index (χ0) is 8.81. The van der Waals surface area contributed by atoms with Gasteiger partial charge in [0, 0.05) is 12.5 Å². The molecular formula is C10H17NO. The Bertz CT molecular complexity index is 217. The van der Waals surface area contributed by atoms with Crippen molar-refractivity contribution in [1.82, 2.24) is 5.16 Å². The average molecular weight is 167 g/mol. The number of unbranched alkanes of at least 4 members (excludes halogenated alkanes) is 1. The van der Waals surface area contributed by atoms with Crippen LogP contribution >= 0.6 is 0 Å². The maximum absolute atomic E-state index is 5.15. The highest BCUT2D eigenvalue weighted by Gasteiger charge is 2.01.